The van der Waals surface area contributed by atoms with Crippen molar-refractivity contribution in [3.8, 4) is 0 Å². The third kappa shape index (κ3) is 5.13. The third-order valence-electron chi connectivity index (χ3n) is 6.85. The van der Waals surface area contributed by atoms with Gasteiger partial charge in [0.05, 0.1) is 6.04 Å². The molecule has 2 aromatic rings. The van der Waals surface area contributed by atoms with E-state index in [4.69, 9.17) is 0 Å². The number of hydrogen-bond donors (Lipinski definition) is 1. The summed E-state index contributed by atoms with van der Waals surface area (Å²) in [6.45, 7) is 7.84. The fraction of sp³-hybridized carbons (Fsp3) is 0.519. The minimum Gasteiger partial charge on any atom is -0.345 e. The van der Waals surface area contributed by atoms with E-state index >= 15 is 0 Å². The van der Waals surface area contributed by atoms with Gasteiger partial charge in [-0.05, 0) is 91.8 Å². The second-order valence-electron chi connectivity index (χ2n) is 9.35. The molecule has 3 nitrogen and oxygen atoms in total. The number of piperidine rings is 1. The second kappa shape index (κ2) is 9.78. The molecular formula is C27H36N2O. The summed E-state index contributed by atoms with van der Waals surface area (Å²) in [5.74, 6) is 0.816. The van der Waals surface area contributed by atoms with Crippen molar-refractivity contribution in [3.05, 3.63) is 70.3 Å². The quantitative estimate of drug-likeness (QED) is 0.672. The predicted molar refractivity (Wildman–Crippen MR) is 124 cm³/mol. The molecular weight excluding hydrogens is 368 g/mol. The molecule has 1 saturated heterocycles. The summed E-state index contributed by atoms with van der Waals surface area (Å²) in [7, 11) is 0. The Morgan fingerprint density at radius 3 is 2.57 bits per heavy atom. The maximum atomic E-state index is 12.9. The summed E-state index contributed by atoms with van der Waals surface area (Å²) >= 11 is 0. The number of hydrogen-bond acceptors (Lipinski definition) is 2. The van der Waals surface area contributed by atoms with Crippen LogP contribution >= 0.6 is 0 Å². The van der Waals surface area contributed by atoms with E-state index in [0.717, 1.165) is 24.4 Å². The summed E-state index contributed by atoms with van der Waals surface area (Å²) < 4.78 is 0. The largest absolute Gasteiger partial charge is 0.345 e. The van der Waals surface area contributed by atoms with Crippen molar-refractivity contribution in [1.29, 1.82) is 0 Å². The molecule has 3 heteroatoms. The molecule has 0 unspecified atom stereocenters. The first kappa shape index (κ1) is 21.1. The minimum absolute atomic E-state index is 0.0257. The summed E-state index contributed by atoms with van der Waals surface area (Å²) in [4.78, 5) is 15.4. The number of nitrogens with one attached hydrogen (secondary N) is 1. The molecule has 4 rings (SSSR count). The van der Waals surface area contributed by atoms with Crippen LogP contribution in [-0.2, 0) is 19.4 Å². The van der Waals surface area contributed by atoms with Crippen molar-refractivity contribution in [1.82, 2.24) is 10.2 Å². The lowest BCUT2D eigenvalue weighted by molar-refractivity contribution is 0.0935. The summed E-state index contributed by atoms with van der Waals surface area (Å²) in [5.41, 5.74) is 6.25. The molecule has 2 atom stereocenters. The van der Waals surface area contributed by atoms with Gasteiger partial charge in [-0.1, -0.05) is 44.2 Å². The number of amides is 1. The Kier molecular flexibility index (Phi) is 6.89. The van der Waals surface area contributed by atoms with Crippen LogP contribution in [0.1, 0.15) is 84.6 Å². The second-order valence-corrected chi connectivity index (χ2v) is 9.35. The number of benzene rings is 2. The predicted octanol–water partition coefficient (Wildman–Crippen LogP) is 5.68. The highest BCUT2D eigenvalue weighted by Crippen LogP contribution is 2.26. The molecule has 2 aromatic carbocycles. The Balaban J connectivity index is 1.38. The Morgan fingerprint density at radius 2 is 1.83 bits per heavy atom. The van der Waals surface area contributed by atoms with Gasteiger partial charge in [0.25, 0.3) is 5.91 Å². The molecule has 1 aliphatic heterocycles. The number of carbonyl (C=O) groups is 1. The van der Waals surface area contributed by atoms with Crippen molar-refractivity contribution < 1.29 is 4.79 Å². The van der Waals surface area contributed by atoms with E-state index in [1.165, 1.54) is 73.9 Å². The van der Waals surface area contributed by atoms with E-state index in [1.807, 2.05) is 12.1 Å². The zero-order valence-corrected chi connectivity index (χ0v) is 18.6. The Bertz CT molecular complexity index is 858. The lowest BCUT2D eigenvalue weighted by atomic mass is 9.88. The topological polar surface area (TPSA) is 32.3 Å². The van der Waals surface area contributed by atoms with Crippen LogP contribution in [0.3, 0.4) is 0 Å². The van der Waals surface area contributed by atoms with E-state index in [2.05, 4.69) is 54.4 Å². The van der Waals surface area contributed by atoms with Crippen molar-refractivity contribution >= 4 is 5.91 Å². The van der Waals surface area contributed by atoms with Gasteiger partial charge >= 0.3 is 0 Å². The van der Waals surface area contributed by atoms with Crippen molar-refractivity contribution in [3.63, 3.8) is 0 Å². The number of likely N-dealkylation sites (tertiary alicyclic amines) is 1. The molecule has 1 N–H and O–H groups in total. The molecule has 1 heterocycles. The molecule has 0 saturated carbocycles. The van der Waals surface area contributed by atoms with Crippen LogP contribution in [0.4, 0.5) is 0 Å². The third-order valence-corrected chi connectivity index (χ3v) is 6.85. The van der Waals surface area contributed by atoms with Crippen molar-refractivity contribution in [2.75, 3.05) is 13.1 Å². The monoisotopic (exact) mass is 404 g/mol. The molecule has 0 bridgehead atoms. The Hall–Kier alpha value is -2.13. The minimum atomic E-state index is 0.0257. The number of carbonyl (C=O) groups excluding carboxylic acids is 1. The van der Waals surface area contributed by atoms with E-state index in [9.17, 15) is 4.79 Å². The van der Waals surface area contributed by atoms with E-state index < -0.39 is 0 Å². The molecule has 0 aromatic heterocycles. The normalized spacial score (nSPS) is 20.4. The maximum absolute atomic E-state index is 12.9. The van der Waals surface area contributed by atoms with Gasteiger partial charge in [-0.15, -0.1) is 0 Å². The highest BCUT2D eigenvalue weighted by molar-refractivity contribution is 5.94. The number of nitrogens with zero attached hydrogens (tertiary/aromatic N) is 1. The SMILES string of the molecule is CC[C@H](NC(=O)c1ccc(CN2CCC[C@@H](C)C2)cc1)c1ccc2c(c1)CCCC2. The standard InChI is InChI=1S/C27H36N2O/c1-3-26(25-15-14-22-8-4-5-9-24(22)17-25)28-27(30)23-12-10-21(11-13-23)19-29-16-6-7-20(2)18-29/h10-15,17,20,26H,3-9,16,18-19H2,1-2H3,(H,28,30)/t20-,26+/m1/s1. The fourth-order valence-corrected chi connectivity index (χ4v) is 5.08. The van der Waals surface area contributed by atoms with Crippen molar-refractivity contribution in [2.45, 2.75) is 71.4 Å². The highest BCUT2D eigenvalue weighted by Gasteiger charge is 2.18. The fourth-order valence-electron chi connectivity index (χ4n) is 5.08. The van der Waals surface area contributed by atoms with Crippen LogP contribution in [0.5, 0.6) is 0 Å². The Labute approximate surface area is 181 Å². The molecule has 30 heavy (non-hydrogen) atoms. The molecule has 0 radical (unpaired) electrons. The van der Waals surface area contributed by atoms with Crippen molar-refractivity contribution in [2.24, 2.45) is 5.92 Å². The number of fused-ring (bicyclic) bond motifs is 1. The zero-order valence-electron chi connectivity index (χ0n) is 18.6. The van der Waals surface area contributed by atoms with Gasteiger partial charge in [-0.25, -0.2) is 0 Å². The summed E-state index contributed by atoms with van der Waals surface area (Å²) in [5, 5.41) is 3.26. The van der Waals surface area contributed by atoms with E-state index in [1.54, 1.807) is 0 Å². The number of rotatable bonds is 6. The lowest BCUT2D eigenvalue weighted by Crippen LogP contribution is -2.33. The maximum Gasteiger partial charge on any atom is 0.251 e. The summed E-state index contributed by atoms with van der Waals surface area (Å²) in [6.07, 6.45) is 8.48. The molecule has 1 aliphatic carbocycles. The van der Waals surface area contributed by atoms with Crippen LogP contribution < -0.4 is 5.32 Å². The van der Waals surface area contributed by atoms with Gasteiger partial charge in [0.15, 0.2) is 0 Å². The smallest absolute Gasteiger partial charge is 0.251 e. The summed E-state index contributed by atoms with van der Waals surface area (Å²) in [6, 6.07) is 15.1. The lowest BCUT2D eigenvalue weighted by Gasteiger charge is -2.30. The van der Waals surface area contributed by atoms with Crippen LogP contribution in [0.25, 0.3) is 0 Å². The molecule has 1 amide bonds. The van der Waals surface area contributed by atoms with Gasteiger partial charge in [0.1, 0.15) is 0 Å². The Morgan fingerprint density at radius 1 is 1.07 bits per heavy atom. The first-order valence-corrected chi connectivity index (χ1v) is 11.9. The van der Waals surface area contributed by atoms with Crippen LogP contribution in [-0.4, -0.2) is 23.9 Å². The van der Waals surface area contributed by atoms with E-state index in [0.29, 0.717) is 0 Å². The van der Waals surface area contributed by atoms with Gasteiger partial charge in [0.2, 0.25) is 0 Å². The van der Waals surface area contributed by atoms with Gasteiger partial charge < -0.3 is 5.32 Å². The zero-order chi connectivity index (χ0) is 20.9. The molecule has 0 spiro atoms. The van der Waals surface area contributed by atoms with Gasteiger partial charge in [-0.2, -0.15) is 0 Å². The van der Waals surface area contributed by atoms with Crippen LogP contribution in [0, 0.1) is 5.92 Å². The van der Waals surface area contributed by atoms with Gasteiger partial charge in [0, 0.05) is 18.7 Å². The molecule has 2 aliphatic rings. The molecule has 160 valence electrons. The first-order chi connectivity index (χ1) is 14.6. The number of aryl methyl sites for hydroxylation is 2. The van der Waals surface area contributed by atoms with Crippen LogP contribution in [0.2, 0.25) is 0 Å². The molecule has 1 fully saturated rings. The average molecular weight is 405 g/mol. The average Bonchev–Trinajstić information content (AvgIpc) is 2.77. The van der Waals surface area contributed by atoms with Crippen LogP contribution in [0.15, 0.2) is 42.5 Å². The van der Waals surface area contributed by atoms with E-state index in [-0.39, 0.29) is 11.9 Å². The van der Waals surface area contributed by atoms with Gasteiger partial charge in [-0.3, -0.25) is 9.69 Å². The first-order valence-electron chi connectivity index (χ1n) is 11.9. The highest BCUT2D eigenvalue weighted by atomic mass is 16.1.